The van der Waals surface area contributed by atoms with Crippen molar-refractivity contribution in [2.24, 2.45) is 5.41 Å². The van der Waals surface area contributed by atoms with Crippen LogP contribution in [-0.4, -0.2) is 37.0 Å². The highest BCUT2D eigenvalue weighted by atomic mass is 35.5. The number of benzene rings is 1. The van der Waals surface area contributed by atoms with Crippen molar-refractivity contribution < 1.29 is 4.79 Å². The number of hydrogen-bond acceptors (Lipinski definition) is 2. The first-order chi connectivity index (χ1) is 9.60. The van der Waals surface area contributed by atoms with Gasteiger partial charge in [0.25, 0.3) is 5.91 Å². The van der Waals surface area contributed by atoms with Gasteiger partial charge in [0.2, 0.25) is 0 Å². The summed E-state index contributed by atoms with van der Waals surface area (Å²) in [4.78, 5) is 14.4. The first kappa shape index (κ1) is 14.2. The Bertz CT molecular complexity index is 517. The van der Waals surface area contributed by atoms with Gasteiger partial charge in [0, 0.05) is 24.7 Å². The minimum Gasteiger partial charge on any atom is -0.339 e. The number of piperidine rings is 1. The average Bonchev–Trinajstić information content (AvgIpc) is 2.90. The monoisotopic (exact) mass is 312 g/mol. The van der Waals surface area contributed by atoms with E-state index in [0.29, 0.717) is 21.0 Å². The van der Waals surface area contributed by atoms with Gasteiger partial charge >= 0.3 is 0 Å². The summed E-state index contributed by atoms with van der Waals surface area (Å²) < 4.78 is 0. The summed E-state index contributed by atoms with van der Waals surface area (Å²) in [7, 11) is 0. The molecular formula is C15H18Cl2N2O. The van der Waals surface area contributed by atoms with Crippen LogP contribution in [0.2, 0.25) is 10.0 Å². The Balaban J connectivity index is 1.71. The van der Waals surface area contributed by atoms with E-state index in [1.807, 2.05) is 4.90 Å². The topological polar surface area (TPSA) is 32.3 Å². The summed E-state index contributed by atoms with van der Waals surface area (Å²) in [6.07, 6.45) is 3.38. The highest BCUT2D eigenvalue weighted by Crippen LogP contribution is 2.37. The van der Waals surface area contributed by atoms with Crippen LogP contribution >= 0.6 is 23.2 Å². The lowest BCUT2D eigenvalue weighted by Gasteiger charge is -2.39. The molecule has 2 heterocycles. The Kier molecular flexibility index (Phi) is 3.93. The van der Waals surface area contributed by atoms with E-state index in [-0.39, 0.29) is 5.91 Å². The molecular weight excluding hydrogens is 295 g/mol. The maximum atomic E-state index is 12.5. The molecule has 0 aromatic heterocycles. The quantitative estimate of drug-likeness (QED) is 0.863. The second kappa shape index (κ2) is 5.55. The SMILES string of the molecule is O=C(c1cc(Cl)ccc1Cl)N1CCC2(CCNC2)CC1. The van der Waals surface area contributed by atoms with Crippen LogP contribution in [0.25, 0.3) is 0 Å². The Morgan fingerprint density at radius 3 is 2.60 bits per heavy atom. The van der Waals surface area contributed by atoms with E-state index in [1.54, 1.807) is 18.2 Å². The molecule has 0 atom stereocenters. The molecule has 0 unspecified atom stereocenters. The van der Waals surface area contributed by atoms with Crippen molar-refractivity contribution in [3.63, 3.8) is 0 Å². The van der Waals surface area contributed by atoms with Gasteiger partial charge in [-0.15, -0.1) is 0 Å². The average molecular weight is 313 g/mol. The van der Waals surface area contributed by atoms with Crippen molar-refractivity contribution >= 4 is 29.1 Å². The van der Waals surface area contributed by atoms with Gasteiger partial charge in [-0.3, -0.25) is 4.79 Å². The zero-order chi connectivity index (χ0) is 14.2. The first-order valence-corrected chi connectivity index (χ1v) is 7.80. The van der Waals surface area contributed by atoms with Crippen LogP contribution in [-0.2, 0) is 0 Å². The van der Waals surface area contributed by atoms with Crippen LogP contribution in [0, 0.1) is 5.41 Å². The van der Waals surface area contributed by atoms with Gasteiger partial charge in [-0.1, -0.05) is 23.2 Å². The third-order valence-corrected chi connectivity index (χ3v) is 5.17. The molecule has 0 radical (unpaired) electrons. The summed E-state index contributed by atoms with van der Waals surface area (Å²) in [6, 6.07) is 5.05. The zero-order valence-corrected chi connectivity index (χ0v) is 12.8. The van der Waals surface area contributed by atoms with Crippen molar-refractivity contribution in [3.05, 3.63) is 33.8 Å². The minimum atomic E-state index is -0.00157. The van der Waals surface area contributed by atoms with Crippen molar-refractivity contribution in [3.8, 4) is 0 Å². The number of rotatable bonds is 1. The standard InChI is InChI=1S/C15H18Cl2N2O/c16-11-1-2-13(17)12(9-11)14(20)19-7-4-15(5-8-19)3-6-18-10-15/h1-2,9,18H,3-8,10H2. The van der Waals surface area contributed by atoms with Gasteiger partial charge in [0.05, 0.1) is 10.6 Å². The molecule has 3 rings (SSSR count). The summed E-state index contributed by atoms with van der Waals surface area (Å²) in [5, 5.41) is 4.45. The Hall–Kier alpha value is -0.770. The van der Waals surface area contributed by atoms with Gasteiger partial charge in [-0.2, -0.15) is 0 Å². The molecule has 2 aliphatic heterocycles. The predicted molar refractivity (Wildman–Crippen MR) is 81.5 cm³/mol. The maximum absolute atomic E-state index is 12.5. The second-order valence-electron chi connectivity index (χ2n) is 5.84. The third kappa shape index (κ3) is 2.67. The van der Waals surface area contributed by atoms with Gasteiger partial charge in [0.15, 0.2) is 0 Å². The van der Waals surface area contributed by atoms with E-state index in [1.165, 1.54) is 6.42 Å². The lowest BCUT2D eigenvalue weighted by Crippen LogP contribution is -2.44. The molecule has 1 aromatic rings. The normalized spacial score (nSPS) is 21.4. The largest absolute Gasteiger partial charge is 0.339 e. The molecule has 0 aliphatic carbocycles. The molecule has 1 amide bonds. The Morgan fingerprint density at radius 1 is 1.20 bits per heavy atom. The fraction of sp³-hybridized carbons (Fsp3) is 0.533. The predicted octanol–water partition coefficient (Wildman–Crippen LogP) is 3.21. The van der Waals surface area contributed by atoms with Crippen LogP contribution in [0.15, 0.2) is 18.2 Å². The minimum absolute atomic E-state index is 0.00157. The van der Waals surface area contributed by atoms with E-state index >= 15 is 0 Å². The van der Waals surface area contributed by atoms with Crippen molar-refractivity contribution in [2.75, 3.05) is 26.2 Å². The van der Waals surface area contributed by atoms with E-state index < -0.39 is 0 Å². The zero-order valence-electron chi connectivity index (χ0n) is 11.3. The van der Waals surface area contributed by atoms with Crippen LogP contribution in [0.5, 0.6) is 0 Å². The summed E-state index contributed by atoms with van der Waals surface area (Å²) in [5.74, 6) is -0.00157. The molecule has 1 N–H and O–H groups in total. The number of carbonyl (C=O) groups excluding carboxylic acids is 1. The molecule has 20 heavy (non-hydrogen) atoms. The van der Waals surface area contributed by atoms with Gasteiger partial charge in [-0.25, -0.2) is 0 Å². The Morgan fingerprint density at radius 2 is 1.95 bits per heavy atom. The molecule has 0 bridgehead atoms. The molecule has 2 fully saturated rings. The van der Waals surface area contributed by atoms with E-state index in [9.17, 15) is 4.79 Å². The fourth-order valence-corrected chi connectivity index (χ4v) is 3.61. The molecule has 5 heteroatoms. The number of hydrogen-bond donors (Lipinski definition) is 1. The fourth-order valence-electron chi connectivity index (χ4n) is 3.24. The smallest absolute Gasteiger partial charge is 0.255 e. The lowest BCUT2D eigenvalue weighted by molar-refractivity contribution is 0.0608. The summed E-state index contributed by atoms with van der Waals surface area (Å²) in [5.41, 5.74) is 0.925. The van der Waals surface area contributed by atoms with Crippen LogP contribution in [0.1, 0.15) is 29.6 Å². The summed E-state index contributed by atoms with van der Waals surface area (Å²) >= 11 is 12.1. The molecule has 1 aromatic carbocycles. The van der Waals surface area contributed by atoms with E-state index in [0.717, 1.165) is 39.0 Å². The number of amides is 1. The molecule has 3 nitrogen and oxygen atoms in total. The highest BCUT2D eigenvalue weighted by molar-refractivity contribution is 6.35. The molecule has 108 valence electrons. The molecule has 0 saturated carbocycles. The number of nitrogens with one attached hydrogen (secondary N) is 1. The van der Waals surface area contributed by atoms with Crippen LogP contribution in [0.3, 0.4) is 0 Å². The lowest BCUT2D eigenvalue weighted by atomic mass is 9.78. The number of halogens is 2. The van der Waals surface area contributed by atoms with Gasteiger partial charge in [-0.05, 0) is 49.4 Å². The van der Waals surface area contributed by atoms with E-state index in [2.05, 4.69) is 5.32 Å². The third-order valence-electron chi connectivity index (χ3n) is 4.60. The van der Waals surface area contributed by atoms with Crippen LogP contribution < -0.4 is 5.32 Å². The number of carbonyl (C=O) groups is 1. The maximum Gasteiger partial charge on any atom is 0.255 e. The summed E-state index contributed by atoms with van der Waals surface area (Å²) in [6.45, 7) is 3.81. The Labute approximate surface area is 129 Å². The van der Waals surface area contributed by atoms with Gasteiger partial charge in [0.1, 0.15) is 0 Å². The van der Waals surface area contributed by atoms with E-state index in [4.69, 9.17) is 23.2 Å². The highest BCUT2D eigenvalue weighted by Gasteiger charge is 2.38. The van der Waals surface area contributed by atoms with Gasteiger partial charge < -0.3 is 10.2 Å². The molecule has 1 spiro atoms. The van der Waals surface area contributed by atoms with Crippen molar-refractivity contribution in [1.82, 2.24) is 10.2 Å². The first-order valence-electron chi connectivity index (χ1n) is 7.05. The number of nitrogens with zero attached hydrogens (tertiary/aromatic N) is 1. The van der Waals surface area contributed by atoms with Crippen molar-refractivity contribution in [1.29, 1.82) is 0 Å². The molecule has 2 saturated heterocycles. The second-order valence-corrected chi connectivity index (χ2v) is 6.69. The molecule has 2 aliphatic rings. The van der Waals surface area contributed by atoms with Crippen LogP contribution in [0.4, 0.5) is 0 Å². The number of likely N-dealkylation sites (tertiary alicyclic amines) is 1. The van der Waals surface area contributed by atoms with Crippen molar-refractivity contribution in [2.45, 2.75) is 19.3 Å².